The first kappa shape index (κ1) is 10.1. The fourth-order valence-corrected chi connectivity index (χ4v) is 3.18. The third-order valence-corrected chi connectivity index (χ3v) is 4.14. The molecule has 1 aromatic heterocycles. The van der Waals surface area contributed by atoms with E-state index in [2.05, 4.69) is 16.9 Å². The lowest BCUT2D eigenvalue weighted by Crippen LogP contribution is -2.41. The van der Waals surface area contributed by atoms with Crippen molar-refractivity contribution in [1.29, 1.82) is 0 Å². The standard InChI is InChI=1S/C13H18N2O/c1-15-11-5-4-10(7-11)13(15)9-16-12-3-2-6-14-8-12/h2-3,6,8,10-11,13H,4-5,7,9H2,1H3/t10-,11+,13-/m0/s1. The number of rotatable bonds is 3. The second-order valence-corrected chi connectivity index (χ2v) is 4.96. The number of pyridine rings is 1. The van der Waals surface area contributed by atoms with Crippen molar-refractivity contribution in [2.45, 2.75) is 31.3 Å². The molecule has 0 amide bonds. The van der Waals surface area contributed by atoms with Crippen molar-refractivity contribution >= 4 is 0 Å². The quantitative estimate of drug-likeness (QED) is 0.775. The highest BCUT2D eigenvalue weighted by Crippen LogP contribution is 2.41. The molecule has 2 aliphatic rings. The smallest absolute Gasteiger partial charge is 0.137 e. The molecule has 2 fully saturated rings. The molecule has 3 heteroatoms. The van der Waals surface area contributed by atoms with Crippen LogP contribution in [0, 0.1) is 5.92 Å². The van der Waals surface area contributed by atoms with E-state index in [0.717, 1.165) is 24.3 Å². The summed E-state index contributed by atoms with van der Waals surface area (Å²) in [6.45, 7) is 0.809. The minimum atomic E-state index is 0.610. The number of hydrogen-bond acceptors (Lipinski definition) is 3. The van der Waals surface area contributed by atoms with Gasteiger partial charge in [0, 0.05) is 18.3 Å². The molecule has 0 aromatic carbocycles. The van der Waals surface area contributed by atoms with Gasteiger partial charge in [-0.25, -0.2) is 0 Å². The van der Waals surface area contributed by atoms with Crippen molar-refractivity contribution < 1.29 is 4.74 Å². The van der Waals surface area contributed by atoms with Gasteiger partial charge in [-0.3, -0.25) is 9.88 Å². The van der Waals surface area contributed by atoms with Crippen LogP contribution in [-0.2, 0) is 0 Å². The van der Waals surface area contributed by atoms with Crippen LogP contribution in [0.5, 0.6) is 5.75 Å². The van der Waals surface area contributed by atoms with E-state index in [-0.39, 0.29) is 0 Å². The lowest BCUT2D eigenvalue weighted by molar-refractivity contribution is 0.118. The van der Waals surface area contributed by atoms with Crippen molar-refractivity contribution in [2.24, 2.45) is 5.92 Å². The molecule has 3 atom stereocenters. The van der Waals surface area contributed by atoms with E-state index in [1.54, 1.807) is 12.4 Å². The summed E-state index contributed by atoms with van der Waals surface area (Å²) in [6, 6.07) is 5.31. The molecular formula is C13H18N2O. The Bertz CT molecular complexity index is 352. The summed E-state index contributed by atoms with van der Waals surface area (Å²) in [5.41, 5.74) is 0. The normalized spacial score (nSPS) is 33.2. The molecule has 0 N–H and O–H groups in total. The highest BCUT2D eigenvalue weighted by Gasteiger charge is 2.43. The van der Waals surface area contributed by atoms with Crippen LogP contribution in [0.15, 0.2) is 24.5 Å². The summed E-state index contributed by atoms with van der Waals surface area (Å²) >= 11 is 0. The van der Waals surface area contributed by atoms with Crippen molar-refractivity contribution in [3.05, 3.63) is 24.5 Å². The van der Waals surface area contributed by atoms with Gasteiger partial charge in [-0.05, 0) is 44.4 Å². The fourth-order valence-electron chi connectivity index (χ4n) is 3.18. The lowest BCUT2D eigenvalue weighted by atomic mass is 10.00. The average Bonchev–Trinajstić information content (AvgIpc) is 2.89. The molecule has 2 bridgehead atoms. The highest BCUT2D eigenvalue weighted by atomic mass is 16.5. The molecule has 1 aliphatic heterocycles. The highest BCUT2D eigenvalue weighted by molar-refractivity contribution is 5.15. The Morgan fingerprint density at radius 1 is 1.50 bits per heavy atom. The maximum atomic E-state index is 5.81. The largest absolute Gasteiger partial charge is 0.490 e. The van der Waals surface area contributed by atoms with Crippen LogP contribution in [0.3, 0.4) is 0 Å². The summed E-state index contributed by atoms with van der Waals surface area (Å²) in [7, 11) is 2.24. The Labute approximate surface area is 96.4 Å². The van der Waals surface area contributed by atoms with E-state index >= 15 is 0 Å². The summed E-state index contributed by atoms with van der Waals surface area (Å²) in [4.78, 5) is 6.56. The number of nitrogens with zero attached hydrogens (tertiary/aromatic N) is 2. The molecule has 0 spiro atoms. The Balaban J connectivity index is 1.60. The second kappa shape index (κ2) is 4.06. The molecule has 0 radical (unpaired) electrons. The molecule has 0 unspecified atom stereocenters. The number of aromatic nitrogens is 1. The van der Waals surface area contributed by atoms with Crippen molar-refractivity contribution in [3.8, 4) is 5.75 Å². The predicted molar refractivity (Wildman–Crippen MR) is 62.4 cm³/mol. The third-order valence-electron chi connectivity index (χ3n) is 4.14. The van der Waals surface area contributed by atoms with Gasteiger partial charge < -0.3 is 4.74 Å². The molecule has 1 aliphatic carbocycles. The number of likely N-dealkylation sites (tertiary alicyclic amines) is 1. The van der Waals surface area contributed by atoms with Gasteiger partial charge in [-0.1, -0.05) is 0 Å². The van der Waals surface area contributed by atoms with Gasteiger partial charge in [0.2, 0.25) is 0 Å². The SMILES string of the molecule is CN1[C@@H]2CC[C@@H](C2)[C@@H]1COc1cccnc1. The lowest BCUT2D eigenvalue weighted by Gasteiger charge is -2.31. The first-order valence-corrected chi connectivity index (χ1v) is 6.09. The first-order chi connectivity index (χ1) is 7.84. The van der Waals surface area contributed by atoms with Gasteiger partial charge in [0.1, 0.15) is 12.4 Å². The molecule has 1 saturated carbocycles. The number of fused-ring (bicyclic) bond motifs is 2. The molecule has 3 rings (SSSR count). The second-order valence-electron chi connectivity index (χ2n) is 4.96. The predicted octanol–water partition coefficient (Wildman–Crippen LogP) is 1.94. The van der Waals surface area contributed by atoms with Crippen LogP contribution < -0.4 is 4.74 Å². The van der Waals surface area contributed by atoms with E-state index < -0.39 is 0 Å². The molecule has 2 heterocycles. The van der Waals surface area contributed by atoms with Gasteiger partial charge in [-0.15, -0.1) is 0 Å². The maximum Gasteiger partial charge on any atom is 0.137 e. The van der Waals surface area contributed by atoms with Gasteiger partial charge >= 0.3 is 0 Å². The zero-order valence-corrected chi connectivity index (χ0v) is 9.67. The van der Waals surface area contributed by atoms with Crippen LogP contribution in [0.25, 0.3) is 0 Å². The van der Waals surface area contributed by atoms with Crippen LogP contribution in [0.1, 0.15) is 19.3 Å². The molecule has 86 valence electrons. The molecule has 16 heavy (non-hydrogen) atoms. The number of hydrogen-bond donors (Lipinski definition) is 0. The summed E-state index contributed by atoms with van der Waals surface area (Å²) in [6.07, 6.45) is 7.70. The zero-order valence-electron chi connectivity index (χ0n) is 9.67. The van der Waals surface area contributed by atoms with E-state index in [4.69, 9.17) is 4.74 Å². The van der Waals surface area contributed by atoms with Gasteiger partial charge in [0.15, 0.2) is 0 Å². The Morgan fingerprint density at radius 2 is 2.44 bits per heavy atom. The Kier molecular flexibility index (Phi) is 2.56. The number of piperidine rings is 1. The Morgan fingerprint density at radius 3 is 3.12 bits per heavy atom. The number of ether oxygens (including phenoxy) is 1. The van der Waals surface area contributed by atoms with Crippen molar-refractivity contribution in [3.63, 3.8) is 0 Å². The van der Waals surface area contributed by atoms with E-state index in [1.807, 2.05) is 12.1 Å². The van der Waals surface area contributed by atoms with Crippen LogP contribution in [-0.4, -0.2) is 35.6 Å². The summed E-state index contributed by atoms with van der Waals surface area (Å²) in [5, 5.41) is 0. The Hall–Kier alpha value is -1.09. The minimum absolute atomic E-state index is 0.610. The van der Waals surface area contributed by atoms with Crippen molar-refractivity contribution in [1.82, 2.24) is 9.88 Å². The van der Waals surface area contributed by atoms with Gasteiger partial charge in [0.05, 0.1) is 6.20 Å². The van der Waals surface area contributed by atoms with Crippen LogP contribution in [0.4, 0.5) is 0 Å². The monoisotopic (exact) mass is 218 g/mol. The minimum Gasteiger partial charge on any atom is -0.490 e. The van der Waals surface area contributed by atoms with E-state index in [1.165, 1.54) is 19.3 Å². The van der Waals surface area contributed by atoms with Gasteiger partial charge in [0.25, 0.3) is 0 Å². The van der Waals surface area contributed by atoms with Crippen molar-refractivity contribution in [2.75, 3.05) is 13.7 Å². The maximum absolute atomic E-state index is 5.81. The van der Waals surface area contributed by atoms with Crippen LogP contribution >= 0.6 is 0 Å². The average molecular weight is 218 g/mol. The summed E-state index contributed by atoms with van der Waals surface area (Å²) < 4.78 is 5.81. The third kappa shape index (κ3) is 1.69. The summed E-state index contributed by atoms with van der Waals surface area (Å²) in [5.74, 6) is 1.74. The van der Waals surface area contributed by atoms with E-state index in [9.17, 15) is 0 Å². The fraction of sp³-hybridized carbons (Fsp3) is 0.615. The first-order valence-electron chi connectivity index (χ1n) is 6.09. The van der Waals surface area contributed by atoms with Crippen LogP contribution in [0.2, 0.25) is 0 Å². The molecule has 1 aromatic rings. The topological polar surface area (TPSA) is 25.4 Å². The molecule has 1 saturated heterocycles. The van der Waals surface area contributed by atoms with E-state index in [0.29, 0.717) is 6.04 Å². The van der Waals surface area contributed by atoms with Gasteiger partial charge in [-0.2, -0.15) is 0 Å². The molecular weight excluding hydrogens is 200 g/mol. The zero-order chi connectivity index (χ0) is 11.0. The number of likely N-dealkylation sites (N-methyl/N-ethyl adjacent to an activating group) is 1. The molecule has 3 nitrogen and oxygen atoms in total.